The molecule has 128 valence electrons. The summed E-state index contributed by atoms with van der Waals surface area (Å²) in [6.45, 7) is 11.4. The van der Waals surface area contributed by atoms with Gasteiger partial charge in [0.15, 0.2) is 0 Å². The lowest BCUT2D eigenvalue weighted by molar-refractivity contribution is 0.102. The molecule has 0 bridgehead atoms. The molecule has 1 amide bonds. The van der Waals surface area contributed by atoms with Crippen molar-refractivity contribution in [2.45, 2.75) is 40.0 Å². The maximum Gasteiger partial charge on any atom is 0.274 e. The number of hydrogen-bond acceptors (Lipinski definition) is 4. The zero-order valence-electron chi connectivity index (χ0n) is 15.1. The van der Waals surface area contributed by atoms with Crippen LogP contribution in [0.5, 0.6) is 0 Å². The summed E-state index contributed by atoms with van der Waals surface area (Å²) < 4.78 is 0. The summed E-state index contributed by atoms with van der Waals surface area (Å²) in [7, 11) is 0. The average molecular weight is 326 g/mol. The van der Waals surface area contributed by atoms with Gasteiger partial charge in [-0.15, -0.1) is 0 Å². The molecule has 0 fully saturated rings. The minimum Gasteiger partial charge on any atom is -0.370 e. The highest BCUT2D eigenvalue weighted by atomic mass is 16.1. The smallest absolute Gasteiger partial charge is 0.274 e. The van der Waals surface area contributed by atoms with Gasteiger partial charge in [0.1, 0.15) is 17.8 Å². The van der Waals surface area contributed by atoms with Gasteiger partial charge >= 0.3 is 0 Å². The van der Waals surface area contributed by atoms with Gasteiger partial charge in [-0.3, -0.25) is 4.79 Å². The highest BCUT2D eigenvalue weighted by molar-refractivity contribution is 6.03. The minimum absolute atomic E-state index is 0.0560. The van der Waals surface area contributed by atoms with E-state index in [1.165, 1.54) is 6.33 Å². The molecule has 0 saturated carbocycles. The predicted molar refractivity (Wildman–Crippen MR) is 98.5 cm³/mol. The first-order valence-electron chi connectivity index (χ1n) is 8.24. The fourth-order valence-electron chi connectivity index (χ4n) is 2.32. The summed E-state index contributed by atoms with van der Waals surface area (Å²) >= 11 is 0. The number of para-hydroxylation sites is 1. The molecule has 24 heavy (non-hydrogen) atoms. The van der Waals surface area contributed by atoms with Crippen LogP contribution in [0.15, 0.2) is 36.7 Å². The summed E-state index contributed by atoms with van der Waals surface area (Å²) in [5.74, 6) is 0.922. The topological polar surface area (TPSA) is 66.9 Å². The Balaban J connectivity index is 2.18. The van der Waals surface area contributed by atoms with Gasteiger partial charge in [-0.25, -0.2) is 9.97 Å². The Morgan fingerprint density at radius 3 is 2.54 bits per heavy atom. The molecule has 2 rings (SSSR count). The second-order valence-corrected chi connectivity index (χ2v) is 7.31. The molecule has 5 nitrogen and oxygen atoms in total. The number of aromatic nitrogens is 2. The van der Waals surface area contributed by atoms with Crippen molar-refractivity contribution < 1.29 is 4.79 Å². The normalized spacial score (nSPS) is 11.4. The third-order valence-corrected chi connectivity index (χ3v) is 3.57. The molecular weight excluding hydrogens is 300 g/mol. The van der Waals surface area contributed by atoms with Crippen molar-refractivity contribution in [2.24, 2.45) is 5.92 Å². The molecule has 1 heterocycles. The number of hydrogen-bond donors (Lipinski definition) is 2. The Kier molecular flexibility index (Phi) is 5.54. The maximum atomic E-state index is 12.6. The summed E-state index contributed by atoms with van der Waals surface area (Å²) in [5, 5.41) is 6.18. The van der Waals surface area contributed by atoms with Crippen LogP contribution in [0.1, 0.15) is 50.7 Å². The van der Waals surface area contributed by atoms with Crippen LogP contribution in [0, 0.1) is 5.92 Å². The largest absolute Gasteiger partial charge is 0.370 e. The SMILES string of the molecule is CC(C)CNc1cc(C(=O)Nc2ccccc2C(C)(C)C)ncn1. The monoisotopic (exact) mass is 326 g/mol. The number of rotatable bonds is 5. The number of carbonyl (C=O) groups is 1. The molecule has 0 radical (unpaired) electrons. The molecule has 5 heteroatoms. The van der Waals surface area contributed by atoms with Gasteiger partial charge in [-0.05, 0) is 23.0 Å². The van der Waals surface area contributed by atoms with Gasteiger partial charge < -0.3 is 10.6 Å². The van der Waals surface area contributed by atoms with Crippen LogP contribution in [-0.4, -0.2) is 22.4 Å². The lowest BCUT2D eigenvalue weighted by Gasteiger charge is -2.22. The molecule has 0 saturated heterocycles. The van der Waals surface area contributed by atoms with Crippen LogP contribution < -0.4 is 10.6 Å². The first kappa shape index (κ1) is 17.9. The van der Waals surface area contributed by atoms with E-state index in [0.29, 0.717) is 17.4 Å². The summed E-state index contributed by atoms with van der Waals surface area (Å²) in [5.41, 5.74) is 2.19. The number of nitrogens with one attached hydrogen (secondary N) is 2. The number of benzene rings is 1. The van der Waals surface area contributed by atoms with Crippen LogP contribution in [-0.2, 0) is 5.41 Å². The Hall–Kier alpha value is -2.43. The van der Waals surface area contributed by atoms with Gasteiger partial charge in [0.25, 0.3) is 5.91 Å². The summed E-state index contributed by atoms with van der Waals surface area (Å²) in [4.78, 5) is 20.8. The van der Waals surface area contributed by atoms with Crippen LogP contribution in [0.3, 0.4) is 0 Å². The molecule has 2 aromatic rings. The molecule has 0 aliphatic carbocycles. The molecule has 1 aromatic heterocycles. The van der Waals surface area contributed by atoms with Crippen molar-refractivity contribution in [3.8, 4) is 0 Å². The van der Waals surface area contributed by atoms with Crippen LogP contribution >= 0.6 is 0 Å². The summed E-state index contributed by atoms with van der Waals surface area (Å²) in [6, 6.07) is 9.52. The van der Waals surface area contributed by atoms with E-state index in [2.05, 4.69) is 55.2 Å². The van der Waals surface area contributed by atoms with E-state index < -0.39 is 0 Å². The molecule has 2 N–H and O–H groups in total. The fraction of sp³-hybridized carbons (Fsp3) is 0.421. The second-order valence-electron chi connectivity index (χ2n) is 7.31. The van der Waals surface area contributed by atoms with Crippen molar-refractivity contribution in [2.75, 3.05) is 17.2 Å². The van der Waals surface area contributed by atoms with Gasteiger partial charge in [-0.2, -0.15) is 0 Å². The molecule has 0 atom stereocenters. The number of amides is 1. The zero-order valence-corrected chi connectivity index (χ0v) is 15.1. The number of carbonyl (C=O) groups excluding carboxylic acids is 1. The number of anilines is 2. The van der Waals surface area contributed by atoms with E-state index in [1.807, 2.05) is 24.3 Å². The molecule has 0 aliphatic rings. The van der Waals surface area contributed by atoms with Crippen LogP contribution in [0.2, 0.25) is 0 Å². The Morgan fingerprint density at radius 2 is 1.88 bits per heavy atom. The molecule has 1 aromatic carbocycles. The highest BCUT2D eigenvalue weighted by Crippen LogP contribution is 2.29. The lowest BCUT2D eigenvalue weighted by atomic mass is 9.86. The zero-order chi connectivity index (χ0) is 17.7. The standard InChI is InChI=1S/C19H26N4O/c1-13(2)11-20-17-10-16(21-12-22-17)18(24)23-15-9-7-6-8-14(15)19(3,4)5/h6-10,12-13H,11H2,1-5H3,(H,23,24)(H,20,21,22). The van der Waals surface area contributed by atoms with Crippen molar-refractivity contribution in [1.29, 1.82) is 0 Å². The van der Waals surface area contributed by atoms with Gasteiger partial charge in [0.05, 0.1) is 0 Å². The second kappa shape index (κ2) is 7.43. The lowest BCUT2D eigenvalue weighted by Crippen LogP contribution is -2.20. The number of nitrogens with zero attached hydrogens (tertiary/aromatic N) is 2. The quantitative estimate of drug-likeness (QED) is 0.868. The molecule has 0 unspecified atom stereocenters. The molecule has 0 spiro atoms. The van der Waals surface area contributed by atoms with E-state index in [9.17, 15) is 4.79 Å². The van der Waals surface area contributed by atoms with E-state index in [4.69, 9.17) is 0 Å². The van der Waals surface area contributed by atoms with Gasteiger partial charge in [-0.1, -0.05) is 52.8 Å². The van der Waals surface area contributed by atoms with Crippen LogP contribution in [0.4, 0.5) is 11.5 Å². The highest BCUT2D eigenvalue weighted by Gasteiger charge is 2.19. The van der Waals surface area contributed by atoms with Gasteiger partial charge in [0.2, 0.25) is 0 Å². The Bertz CT molecular complexity index is 705. The van der Waals surface area contributed by atoms with Gasteiger partial charge in [0, 0.05) is 18.3 Å². The first-order valence-corrected chi connectivity index (χ1v) is 8.24. The Labute approximate surface area is 143 Å². The predicted octanol–water partition coefficient (Wildman–Crippen LogP) is 4.09. The third-order valence-electron chi connectivity index (χ3n) is 3.57. The third kappa shape index (κ3) is 4.78. The Morgan fingerprint density at radius 1 is 1.17 bits per heavy atom. The minimum atomic E-state index is -0.235. The van der Waals surface area contributed by atoms with E-state index >= 15 is 0 Å². The van der Waals surface area contributed by atoms with E-state index in [-0.39, 0.29) is 11.3 Å². The van der Waals surface area contributed by atoms with Crippen molar-refractivity contribution in [1.82, 2.24) is 9.97 Å². The van der Waals surface area contributed by atoms with Crippen molar-refractivity contribution in [3.05, 3.63) is 47.9 Å². The van der Waals surface area contributed by atoms with Crippen LogP contribution in [0.25, 0.3) is 0 Å². The average Bonchev–Trinajstić information content (AvgIpc) is 2.52. The van der Waals surface area contributed by atoms with E-state index in [0.717, 1.165) is 17.8 Å². The van der Waals surface area contributed by atoms with E-state index in [1.54, 1.807) is 6.07 Å². The maximum absolute atomic E-state index is 12.6. The fourth-order valence-corrected chi connectivity index (χ4v) is 2.32. The summed E-state index contributed by atoms with van der Waals surface area (Å²) in [6.07, 6.45) is 1.41. The molecule has 0 aliphatic heterocycles. The van der Waals surface area contributed by atoms with Crippen molar-refractivity contribution >= 4 is 17.4 Å². The first-order chi connectivity index (χ1) is 11.3. The molecular formula is C19H26N4O. The van der Waals surface area contributed by atoms with Crippen molar-refractivity contribution in [3.63, 3.8) is 0 Å².